The van der Waals surface area contributed by atoms with Crippen molar-refractivity contribution in [2.24, 2.45) is 0 Å². The summed E-state index contributed by atoms with van der Waals surface area (Å²) in [6, 6.07) is 5.66. The zero-order valence-corrected chi connectivity index (χ0v) is 12.4. The molecule has 1 unspecified atom stereocenters. The Kier molecular flexibility index (Phi) is 5.60. The molecule has 0 spiro atoms. The molecule has 1 rings (SSSR count). The Morgan fingerprint density at radius 3 is 2.75 bits per heavy atom. The van der Waals surface area contributed by atoms with Gasteiger partial charge in [-0.1, -0.05) is 17.6 Å². The van der Waals surface area contributed by atoms with Gasteiger partial charge in [0.25, 0.3) is 0 Å². The molecule has 1 aromatic carbocycles. The molecule has 0 aliphatic carbocycles. The summed E-state index contributed by atoms with van der Waals surface area (Å²) >= 11 is 0. The van der Waals surface area contributed by atoms with Crippen LogP contribution in [0.4, 0.5) is 0 Å². The molecule has 4 heteroatoms. The van der Waals surface area contributed by atoms with E-state index in [1.165, 1.54) is 0 Å². The number of carbonyl (C=O) groups excluding carboxylic acids is 1. The lowest BCUT2D eigenvalue weighted by Gasteiger charge is -2.30. The summed E-state index contributed by atoms with van der Waals surface area (Å²) < 4.78 is 10.5. The van der Waals surface area contributed by atoms with Crippen LogP contribution < -0.4 is 10.1 Å². The molecule has 0 heterocycles. The number of benzene rings is 1. The van der Waals surface area contributed by atoms with Gasteiger partial charge in [0.2, 0.25) is 0 Å². The van der Waals surface area contributed by atoms with E-state index in [0.29, 0.717) is 17.9 Å². The van der Waals surface area contributed by atoms with Crippen molar-refractivity contribution in [1.82, 2.24) is 5.32 Å². The van der Waals surface area contributed by atoms with Gasteiger partial charge in [-0.15, -0.1) is 6.42 Å². The van der Waals surface area contributed by atoms with Crippen molar-refractivity contribution < 1.29 is 14.3 Å². The molecule has 20 heavy (non-hydrogen) atoms. The standard InChI is InChI=1S/C16H21NO3/c1-6-10-17-16(4,15(18)20-7-2)13-11-12(3)8-9-14(13)19-5/h1,8-9,11,17H,7,10H2,2-5H3. The van der Waals surface area contributed by atoms with Gasteiger partial charge in [-0.05, 0) is 32.9 Å². The van der Waals surface area contributed by atoms with Crippen LogP contribution in [0.25, 0.3) is 0 Å². The number of hydrogen-bond acceptors (Lipinski definition) is 4. The molecule has 108 valence electrons. The van der Waals surface area contributed by atoms with Crippen molar-refractivity contribution in [3.8, 4) is 18.1 Å². The fourth-order valence-electron chi connectivity index (χ4n) is 1.99. The summed E-state index contributed by atoms with van der Waals surface area (Å²) in [5, 5.41) is 3.06. The molecule has 0 bridgehead atoms. The van der Waals surface area contributed by atoms with Gasteiger partial charge in [-0.25, -0.2) is 4.79 Å². The first kappa shape index (κ1) is 16.1. The second-order valence-electron chi connectivity index (χ2n) is 4.61. The van der Waals surface area contributed by atoms with Crippen LogP contribution in [0.15, 0.2) is 18.2 Å². The smallest absolute Gasteiger partial charge is 0.330 e. The zero-order valence-electron chi connectivity index (χ0n) is 12.4. The largest absolute Gasteiger partial charge is 0.496 e. The number of hydrogen-bond donors (Lipinski definition) is 1. The molecule has 0 fully saturated rings. The van der Waals surface area contributed by atoms with Gasteiger partial charge < -0.3 is 9.47 Å². The van der Waals surface area contributed by atoms with Crippen molar-refractivity contribution >= 4 is 5.97 Å². The predicted octanol–water partition coefficient (Wildman–Crippen LogP) is 2.00. The van der Waals surface area contributed by atoms with Gasteiger partial charge in [-0.2, -0.15) is 0 Å². The summed E-state index contributed by atoms with van der Waals surface area (Å²) in [7, 11) is 1.57. The first-order valence-corrected chi connectivity index (χ1v) is 6.50. The second kappa shape index (κ2) is 6.97. The van der Waals surface area contributed by atoms with E-state index < -0.39 is 5.54 Å². The summed E-state index contributed by atoms with van der Waals surface area (Å²) in [5.74, 6) is 2.73. The molecule has 1 atom stereocenters. The lowest BCUT2D eigenvalue weighted by Crippen LogP contribution is -2.48. The summed E-state index contributed by atoms with van der Waals surface area (Å²) in [6.45, 7) is 6.04. The zero-order chi connectivity index (χ0) is 15.2. The number of rotatable bonds is 6. The van der Waals surface area contributed by atoms with Gasteiger partial charge in [0, 0.05) is 5.56 Å². The average Bonchev–Trinajstić information content (AvgIpc) is 2.44. The van der Waals surface area contributed by atoms with E-state index in [1.54, 1.807) is 21.0 Å². The normalized spacial score (nSPS) is 13.2. The SMILES string of the molecule is C#CCNC(C)(C(=O)OCC)c1cc(C)ccc1OC. The van der Waals surface area contributed by atoms with Crippen LogP contribution >= 0.6 is 0 Å². The van der Waals surface area contributed by atoms with Gasteiger partial charge in [0.1, 0.15) is 11.3 Å². The Hall–Kier alpha value is -1.99. The first-order chi connectivity index (χ1) is 9.49. The quantitative estimate of drug-likeness (QED) is 0.637. The predicted molar refractivity (Wildman–Crippen MR) is 78.6 cm³/mol. The molecule has 0 radical (unpaired) electrons. The number of aryl methyl sites for hydroxylation is 1. The highest BCUT2D eigenvalue weighted by Gasteiger charge is 2.38. The summed E-state index contributed by atoms with van der Waals surface area (Å²) in [4.78, 5) is 12.3. The highest BCUT2D eigenvalue weighted by atomic mass is 16.5. The topological polar surface area (TPSA) is 47.6 Å². The molecule has 1 aromatic rings. The minimum atomic E-state index is -1.04. The van der Waals surface area contributed by atoms with Gasteiger partial charge >= 0.3 is 5.97 Å². The lowest BCUT2D eigenvalue weighted by molar-refractivity contribution is -0.151. The van der Waals surface area contributed by atoms with Crippen LogP contribution in [0, 0.1) is 19.3 Å². The van der Waals surface area contributed by atoms with Crippen molar-refractivity contribution in [3.63, 3.8) is 0 Å². The highest BCUT2D eigenvalue weighted by Crippen LogP contribution is 2.32. The third kappa shape index (κ3) is 3.31. The van der Waals surface area contributed by atoms with Crippen molar-refractivity contribution in [3.05, 3.63) is 29.3 Å². The molecular weight excluding hydrogens is 254 g/mol. The third-order valence-electron chi connectivity index (χ3n) is 3.12. The number of terminal acetylenes is 1. The molecule has 1 N–H and O–H groups in total. The minimum Gasteiger partial charge on any atom is -0.496 e. The number of nitrogens with one attached hydrogen (secondary N) is 1. The lowest BCUT2D eigenvalue weighted by atomic mass is 9.89. The Morgan fingerprint density at radius 2 is 2.20 bits per heavy atom. The van der Waals surface area contributed by atoms with E-state index in [-0.39, 0.29) is 12.5 Å². The van der Waals surface area contributed by atoms with E-state index >= 15 is 0 Å². The third-order valence-corrected chi connectivity index (χ3v) is 3.12. The Morgan fingerprint density at radius 1 is 1.50 bits per heavy atom. The van der Waals surface area contributed by atoms with E-state index in [2.05, 4.69) is 11.2 Å². The Labute approximate surface area is 120 Å². The summed E-state index contributed by atoms with van der Waals surface area (Å²) in [6.07, 6.45) is 5.29. The molecule has 4 nitrogen and oxygen atoms in total. The van der Waals surface area contributed by atoms with Crippen LogP contribution in [-0.2, 0) is 15.1 Å². The molecule has 0 saturated heterocycles. The number of carbonyl (C=O) groups is 1. The maximum atomic E-state index is 12.3. The first-order valence-electron chi connectivity index (χ1n) is 6.50. The fraction of sp³-hybridized carbons (Fsp3) is 0.438. The van der Waals surface area contributed by atoms with Crippen molar-refractivity contribution in [1.29, 1.82) is 0 Å². The maximum absolute atomic E-state index is 12.3. The van der Waals surface area contributed by atoms with Crippen molar-refractivity contribution in [2.45, 2.75) is 26.3 Å². The van der Waals surface area contributed by atoms with Gasteiger partial charge in [-0.3, -0.25) is 5.32 Å². The Balaban J connectivity index is 3.33. The molecule has 0 aliphatic heterocycles. The minimum absolute atomic E-state index is 0.256. The van der Waals surface area contributed by atoms with Crippen LogP contribution in [0.3, 0.4) is 0 Å². The summed E-state index contributed by atoms with van der Waals surface area (Å²) in [5.41, 5.74) is 0.701. The van der Waals surface area contributed by atoms with Crippen LogP contribution in [0.5, 0.6) is 5.75 Å². The number of esters is 1. The molecular formula is C16H21NO3. The van der Waals surface area contributed by atoms with E-state index in [4.69, 9.17) is 15.9 Å². The van der Waals surface area contributed by atoms with Gasteiger partial charge in [0.15, 0.2) is 0 Å². The number of methoxy groups -OCH3 is 1. The Bertz CT molecular complexity index is 519. The molecule has 0 amide bonds. The fourth-order valence-corrected chi connectivity index (χ4v) is 1.99. The second-order valence-corrected chi connectivity index (χ2v) is 4.61. The highest BCUT2D eigenvalue weighted by molar-refractivity contribution is 5.83. The van der Waals surface area contributed by atoms with E-state index in [0.717, 1.165) is 5.56 Å². The monoisotopic (exact) mass is 275 g/mol. The van der Waals surface area contributed by atoms with E-state index in [9.17, 15) is 4.79 Å². The van der Waals surface area contributed by atoms with Crippen LogP contribution in [0.1, 0.15) is 25.0 Å². The average molecular weight is 275 g/mol. The number of ether oxygens (including phenoxy) is 2. The van der Waals surface area contributed by atoms with Gasteiger partial charge in [0.05, 0.1) is 20.3 Å². The van der Waals surface area contributed by atoms with Crippen LogP contribution in [-0.4, -0.2) is 26.2 Å². The van der Waals surface area contributed by atoms with Crippen molar-refractivity contribution in [2.75, 3.05) is 20.3 Å². The van der Waals surface area contributed by atoms with Crippen LogP contribution in [0.2, 0.25) is 0 Å². The molecule has 0 aliphatic rings. The molecule has 0 aromatic heterocycles. The maximum Gasteiger partial charge on any atom is 0.330 e. The van der Waals surface area contributed by atoms with E-state index in [1.807, 2.05) is 25.1 Å². The molecule has 0 saturated carbocycles.